The first kappa shape index (κ1) is 16.3. The Morgan fingerprint density at radius 2 is 1.95 bits per heavy atom. The minimum Gasteiger partial charge on any atom is -0.484 e. The molecule has 1 heterocycles. The summed E-state index contributed by atoms with van der Waals surface area (Å²) in [6.45, 7) is 1.68. The van der Waals surface area contributed by atoms with Crippen molar-refractivity contribution in [2.75, 3.05) is 19.0 Å². The molecule has 0 fully saturated rings. The number of benzene rings is 1. The van der Waals surface area contributed by atoms with E-state index in [1.54, 1.807) is 30.3 Å². The molecule has 0 spiro atoms. The zero-order chi connectivity index (χ0) is 16.1. The second-order valence-corrected chi connectivity index (χ2v) is 6.07. The number of nitrogens with one attached hydrogen (secondary N) is 1. The molecule has 0 aliphatic carbocycles. The van der Waals surface area contributed by atoms with Crippen LogP contribution in [0.1, 0.15) is 15.2 Å². The molecule has 1 amide bonds. The van der Waals surface area contributed by atoms with Gasteiger partial charge in [0.1, 0.15) is 10.8 Å². The van der Waals surface area contributed by atoms with Crippen LogP contribution in [0.15, 0.2) is 30.3 Å². The van der Waals surface area contributed by atoms with Crippen LogP contribution in [-0.2, 0) is 9.53 Å². The Balaban J connectivity index is 1.97. The average molecular weight is 340 g/mol. The SMILES string of the molecule is COC(=O)c1cc(C)sc1NC(=O)COc1ccc(Cl)cc1. The molecule has 0 aliphatic rings. The summed E-state index contributed by atoms with van der Waals surface area (Å²) in [4.78, 5) is 24.4. The van der Waals surface area contributed by atoms with Gasteiger partial charge in [0.25, 0.3) is 5.91 Å². The van der Waals surface area contributed by atoms with Gasteiger partial charge in [0, 0.05) is 9.90 Å². The number of methoxy groups -OCH3 is 1. The number of hydrogen-bond acceptors (Lipinski definition) is 5. The molecule has 1 N–H and O–H groups in total. The number of ether oxygens (including phenoxy) is 2. The van der Waals surface area contributed by atoms with Crippen molar-refractivity contribution in [1.29, 1.82) is 0 Å². The lowest BCUT2D eigenvalue weighted by Crippen LogP contribution is -2.20. The van der Waals surface area contributed by atoms with E-state index in [0.29, 0.717) is 21.3 Å². The summed E-state index contributed by atoms with van der Waals surface area (Å²) in [7, 11) is 1.30. The fraction of sp³-hybridized carbons (Fsp3) is 0.200. The van der Waals surface area contributed by atoms with E-state index in [0.717, 1.165) is 4.88 Å². The Morgan fingerprint density at radius 1 is 1.27 bits per heavy atom. The van der Waals surface area contributed by atoms with Crippen LogP contribution >= 0.6 is 22.9 Å². The van der Waals surface area contributed by atoms with E-state index < -0.39 is 5.97 Å². The summed E-state index contributed by atoms with van der Waals surface area (Å²) in [6.07, 6.45) is 0. The third kappa shape index (κ3) is 4.22. The zero-order valence-electron chi connectivity index (χ0n) is 12.0. The van der Waals surface area contributed by atoms with Gasteiger partial charge < -0.3 is 14.8 Å². The number of esters is 1. The third-order valence-corrected chi connectivity index (χ3v) is 3.92. The Morgan fingerprint density at radius 3 is 2.59 bits per heavy atom. The largest absolute Gasteiger partial charge is 0.484 e. The number of thiophene rings is 1. The van der Waals surface area contributed by atoms with Crippen molar-refractivity contribution in [2.24, 2.45) is 0 Å². The summed E-state index contributed by atoms with van der Waals surface area (Å²) in [5, 5.41) is 3.70. The van der Waals surface area contributed by atoms with Gasteiger partial charge in [-0.3, -0.25) is 4.79 Å². The lowest BCUT2D eigenvalue weighted by atomic mass is 10.3. The fourth-order valence-electron chi connectivity index (χ4n) is 1.71. The molecule has 5 nitrogen and oxygen atoms in total. The molecular formula is C15H14ClNO4S. The molecule has 0 radical (unpaired) electrons. The average Bonchev–Trinajstić information content (AvgIpc) is 2.86. The van der Waals surface area contributed by atoms with Crippen molar-refractivity contribution >= 4 is 39.8 Å². The predicted octanol–water partition coefficient (Wildman–Crippen LogP) is 3.51. The molecule has 0 bridgehead atoms. The van der Waals surface area contributed by atoms with Gasteiger partial charge in [-0.2, -0.15) is 0 Å². The normalized spacial score (nSPS) is 10.1. The number of hydrogen-bond donors (Lipinski definition) is 1. The molecule has 1 aromatic carbocycles. The Labute approximate surface area is 136 Å². The maximum atomic E-state index is 11.9. The topological polar surface area (TPSA) is 64.6 Å². The van der Waals surface area contributed by atoms with Crippen molar-refractivity contribution in [3.8, 4) is 5.75 Å². The Bertz CT molecular complexity index is 681. The van der Waals surface area contributed by atoms with Crippen LogP contribution in [0.4, 0.5) is 5.00 Å². The van der Waals surface area contributed by atoms with Crippen LogP contribution in [0.5, 0.6) is 5.75 Å². The zero-order valence-corrected chi connectivity index (χ0v) is 13.6. The van der Waals surface area contributed by atoms with Crippen LogP contribution in [0.25, 0.3) is 0 Å². The molecular weight excluding hydrogens is 326 g/mol. The second-order valence-electron chi connectivity index (χ2n) is 4.38. The number of carbonyl (C=O) groups is 2. The molecule has 1 aromatic heterocycles. The summed E-state index contributed by atoms with van der Waals surface area (Å²) < 4.78 is 10.0. The first-order valence-electron chi connectivity index (χ1n) is 6.36. The highest BCUT2D eigenvalue weighted by molar-refractivity contribution is 7.16. The number of carbonyl (C=O) groups excluding carboxylic acids is 2. The predicted molar refractivity (Wildman–Crippen MR) is 86.0 cm³/mol. The second kappa shape index (κ2) is 7.29. The van der Waals surface area contributed by atoms with E-state index in [1.165, 1.54) is 18.4 Å². The monoisotopic (exact) mass is 339 g/mol. The summed E-state index contributed by atoms with van der Waals surface area (Å²) in [5.74, 6) is -0.310. The molecule has 0 unspecified atom stereocenters. The van der Waals surface area contributed by atoms with E-state index >= 15 is 0 Å². The summed E-state index contributed by atoms with van der Waals surface area (Å²) in [5.41, 5.74) is 0.338. The molecule has 2 aromatic rings. The van der Waals surface area contributed by atoms with Crippen molar-refractivity contribution in [2.45, 2.75) is 6.92 Å². The van der Waals surface area contributed by atoms with E-state index in [1.807, 2.05) is 6.92 Å². The lowest BCUT2D eigenvalue weighted by Gasteiger charge is -2.07. The molecule has 116 valence electrons. The van der Waals surface area contributed by atoms with Crippen molar-refractivity contribution in [3.05, 3.63) is 45.8 Å². The van der Waals surface area contributed by atoms with Gasteiger partial charge in [-0.1, -0.05) is 11.6 Å². The van der Waals surface area contributed by atoms with E-state index in [4.69, 9.17) is 16.3 Å². The van der Waals surface area contributed by atoms with E-state index in [9.17, 15) is 9.59 Å². The highest BCUT2D eigenvalue weighted by Crippen LogP contribution is 2.28. The quantitative estimate of drug-likeness (QED) is 0.846. The number of anilines is 1. The molecule has 2 rings (SSSR count). The van der Waals surface area contributed by atoms with Crippen LogP contribution in [0.2, 0.25) is 5.02 Å². The van der Waals surface area contributed by atoms with Crippen LogP contribution in [0, 0.1) is 6.92 Å². The van der Waals surface area contributed by atoms with Gasteiger partial charge in [-0.05, 0) is 37.3 Å². The molecule has 0 atom stereocenters. The maximum Gasteiger partial charge on any atom is 0.340 e. The molecule has 7 heteroatoms. The number of amides is 1. The highest BCUT2D eigenvalue weighted by Gasteiger charge is 2.17. The third-order valence-electron chi connectivity index (χ3n) is 2.70. The van der Waals surface area contributed by atoms with E-state index in [-0.39, 0.29) is 12.5 Å². The summed E-state index contributed by atoms with van der Waals surface area (Å²) >= 11 is 7.07. The van der Waals surface area contributed by atoms with Gasteiger partial charge in [-0.15, -0.1) is 11.3 Å². The van der Waals surface area contributed by atoms with Gasteiger partial charge in [0.2, 0.25) is 0 Å². The number of aryl methyl sites for hydroxylation is 1. The van der Waals surface area contributed by atoms with Crippen molar-refractivity contribution in [3.63, 3.8) is 0 Å². The van der Waals surface area contributed by atoms with Crippen LogP contribution < -0.4 is 10.1 Å². The van der Waals surface area contributed by atoms with Gasteiger partial charge in [-0.25, -0.2) is 4.79 Å². The lowest BCUT2D eigenvalue weighted by molar-refractivity contribution is -0.118. The summed E-state index contributed by atoms with van der Waals surface area (Å²) in [6, 6.07) is 8.36. The molecule has 0 aliphatic heterocycles. The molecule has 0 saturated heterocycles. The Kier molecular flexibility index (Phi) is 5.41. The minimum atomic E-state index is -0.488. The fourth-order valence-corrected chi connectivity index (χ4v) is 2.75. The number of rotatable bonds is 5. The highest BCUT2D eigenvalue weighted by atomic mass is 35.5. The Hall–Kier alpha value is -2.05. The molecule has 0 saturated carbocycles. The van der Waals surface area contributed by atoms with E-state index in [2.05, 4.69) is 10.1 Å². The first-order chi connectivity index (χ1) is 10.5. The van der Waals surface area contributed by atoms with Crippen LogP contribution in [-0.4, -0.2) is 25.6 Å². The van der Waals surface area contributed by atoms with Gasteiger partial charge in [0.15, 0.2) is 6.61 Å². The smallest absolute Gasteiger partial charge is 0.340 e. The standard InChI is InChI=1S/C15H14ClNO4S/c1-9-7-12(15(19)20-2)14(22-9)17-13(18)8-21-11-5-3-10(16)4-6-11/h3-7H,8H2,1-2H3,(H,17,18). The van der Waals surface area contributed by atoms with Gasteiger partial charge >= 0.3 is 5.97 Å². The maximum absolute atomic E-state index is 11.9. The van der Waals surface area contributed by atoms with Crippen molar-refractivity contribution < 1.29 is 19.1 Å². The van der Waals surface area contributed by atoms with Gasteiger partial charge in [0.05, 0.1) is 12.7 Å². The first-order valence-corrected chi connectivity index (χ1v) is 7.56. The molecule has 22 heavy (non-hydrogen) atoms. The van der Waals surface area contributed by atoms with Crippen LogP contribution in [0.3, 0.4) is 0 Å². The minimum absolute atomic E-state index is 0.167. The number of halogens is 1. The van der Waals surface area contributed by atoms with Crippen molar-refractivity contribution in [1.82, 2.24) is 0 Å².